The number of benzene rings is 6. The summed E-state index contributed by atoms with van der Waals surface area (Å²) in [6, 6.07) is 55.3. The lowest BCUT2D eigenvalue weighted by atomic mass is 9.67. The van der Waals surface area contributed by atoms with E-state index in [9.17, 15) is 0 Å². The molecule has 0 aliphatic heterocycles. The summed E-state index contributed by atoms with van der Waals surface area (Å²) in [5, 5.41) is 0. The van der Waals surface area contributed by atoms with Gasteiger partial charge in [0.15, 0.2) is 17.5 Å². The predicted molar refractivity (Wildman–Crippen MR) is 191 cm³/mol. The molecule has 47 heavy (non-hydrogen) atoms. The van der Waals surface area contributed by atoms with Crippen molar-refractivity contribution >= 4 is 11.4 Å². The summed E-state index contributed by atoms with van der Waals surface area (Å²) in [4.78, 5) is 20.0. The van der Waals surface area contributed by atoms with Crippen LogP contribution < -0.4 is 0 Å². The van der Waals surface area contributed by atoms with Crippen LogP contribution in [0.1, 0.15) is 40.6 Å². The van der Waals surface area contributed by atoms with Gasteiger partial charge in [0.1, 0.15) is 0 Å². The van der Waals surface area contributed by atoms with Crippen molar-refractivity contribution in [2.75, 3.05) is 0 Å². The van der Waals surface area contributed by atoms with Gasteiger partial charge in [0.25, 0.3) is 0 Å². The Bertz CT molecular complexity index is 2230. The second-order valence-corrected chi connectivity index (χ2v) is 11.9. The third kappa shape index (κ3) is 4.86. The second-order valence-electron chi connectivity index (χ2n) is 11.9. The summed E-state index contributed by atoms with van der Waals surface area (Å²) in [5.41, 5.74) is 11.5. The maximum atomic E-state index is 5.06. The molecule has 0 spiro atoms. The molecule has 6 aromatic carbocycles. The van der Waals surface area contributed by atoms with E-state index in [4.69, 9.17) is 19.9 Å². The van der Waals surface area contributed by atoms with Crippen molar-refractivity contribution in [2.45, 2.75) is 19.3 Å². The number of aryl methyl sites for hydroxylation is 1. The van der Waals surface area contributed by atoms with E-state index in [-0.39, 0.29) is 0 Å². The van der Waals surface area contributed by atoms with Crippen LogP contribution in [-0.4, -0.2) is 20.7 Å². The zero-order valence-electron chi connectivity index (χ0n) is 26.3. The SMILES string of the molecule is CC(=Nc1ccccc1C)c1nc(-c2ccccc2)nc(-c2cccc(C3(c4ccccc4)c4ccccc4-c4ccccc43)c2)n1. The van der Waals surface area contributed by atoms with Crippen LogP contribution in [0.5, 0.6) is 0 Å². The minimum absolute atomic E-state index is 0.509. The number of rotatable bonds is 6. The summed E-state index contributed by atoms with van der Waals surface area (Å²) in [7, 11) is 0. The van der Waals surface area contributed by atoms with Crippen LogP contribution >= 0.6 is 0 Å². The van der Waals surface area contributed by atoms with E-state index in [0.29, 0.717) is 17.5 Å². The number of hydrogen-bond donors (Lipinski definition) is 0. The van der Waals surface area contributed by atoms with Gasteiger partial charge in [-0.1, -0.05) is 146 Å². The molecule has 4 nitrogen and oxygen atoms in total. The van der Waals surface area contributed by atoms with E-state index in [1.807, 2.05) is 55.5 Å². The Balaban J connectivity index is 1.35. The minimum Gasteiger partial charge on any atom is -0.250 e. The normalized spacial score (nSPS) is 13.2. The molecule has 0 bridgehead atoms. The molecule has 1 aliphatic carbocycles. The third-order valence-corrected chi connectivity index (χ3v) is 9.11. The number of fused-ring (bicyclic) bond motifs is 3. The fraction of sp³-hybridized carbons (Fsp3) is 0.0698. The molecule has 0 amide bonds. The number of aliphatic imine (C=N–C) groups is 1. The lowest BCUT2D eigenvalue weighted by Crippen LogP contribution is -2.28. The number of aromatic nitrogens is 3. The van der Waals surface area contributed by atoms with Gasteiger partial charge in [0, 0.05) is 11.1 Å². The molecule has 224 valence electrons. The topological polar surface area (TPSA) is 51.0 Å². The third-order valence-electron chi connectivity index (χ3n) is 9.11. The lowest BCUT2D eigenvalue weighted by Gasteiger charge is -2.34. The molecular formula is C43H32N4. The highest BCUT2D eigenvalue weighted by atomic mass is 15.0. The van der Waals surface area contributed by atoms with Crippen molar-refractivity contribution in [2.24, 2.45) is 4.99 Å². The van der Waals surface area contributed by atoms with Crippen LogP contribution in [0.2, 0.25) is 0 Å². The van der Waals surface area contributed by atoms with Crippen molar-refractivity contribution in [1.82, 2.24) is 15.0 Å². The Hall–Kier alpha value is -6.00. The van der Waals surface area contributed by atoms with Gasteiger partial charge in [0.2, 0.25) is 0 Å². The first-order chi connectivity index (χ1) is 23.1. The average Bonchev–Trinajstić information content (AvgIpc) is 3.44. The molecule has 8 rings (SSSR count). The summed E-state index contributed by atoms with van der Waals surface area (Å²) in [5.74, 6) is 1.78. The van der Waals surface area contributed by atoms with Gasteiger partial charge in [-0.2, -0.15) is 0 Å². The summed E-state index contributed by atoms with van der Waals surface area (Å²) < 4.78 is 0. The van der Waals surface area contributed by atoms with Crippen molar-refractivity contribution in [1.29, 1.82) is 0 Å². The van der Waals surface area contributed by atoms with E-state index in [2.05, 4.69) is 116 Å². The Labute approximate surface area is 275 Å². The fourth-order valence-corrected chi connectivity index (χ4v) is 6.91. The molecule has 0 N–H and O–H groups in total. The average molecular weight is 605 g/mol. The van der Waals surface area contributed by atoms with Crippen LogP contribution in [0.4, 0.5) is 5.69 Å². The molecule has 0 fully saturated rings. The van der Waals surface area contributed by atoms with Crippen LogP contribution in [0.15, 0.2) is 163 Å². The Morgan fingerprint density at radius 1 is 0.511 bits per heavy atom. The van der Waals surface area contributed by atoms with E-state index in [1.54, 1.807) is 0 Å². The molecule has 1 aromatic heterocycles. The van der Waals surface area contributed by atoms with E-state index in [1.165, 1.54) is 27.8 Å². The van der Waals surface area contributed by atoms with Crippen LogP contribution in [0.3, 0.4) is 0 Å². The van der Waals surface area contributed by atoms with Crippen molar-refractivity contribution in [3.8, 4) is 33.9 Å². The van der Waals surface area contributed by atoms with Crippen molar-refractivity contribution in [3.05, 3.63) is 191 Å². The maximum absolute atomic E-state index is 5.06. The van der Waals surface area contributed by atoms with Crippen LogP contribution in [0, 0.1) is 6.92 Å². The first kappa shape index (κ1) is 28.5. The van der Waals surface area contributed by atoms with Gasteiger partial charge in [-0.3, -0.25) is 0 Å². The van der Waals surface area contributed by atoms with Gasteiger partial charge in [-0.15, -0.1) is 0 Å². The molecule has 1 heterocycles. The minimum atomic E-state index is -0.509. The van der Waals surface area contributed by atoms with Gasteiger partial charge in [-0.05, 0) is 64.9 Å². The van der Waals surface area contributed by atoms with E-state index in [0.717, 1.165) is 33.7 Å². The highest BCUT2D eigenvalue weighted by molar-refractivity contribution is 5.98. The quantitative estimate of drug-likeness (QED) is 0.178. The molecule has 0 radical (unpaired) electrons. The highest BCUT2D eigenvalue weighted by Gasteiger charge is 2.45. The number of hydrogen-bond acceptors (Lipinski definition) is 4. The Kier molecular flexibility index (Phi) is 7.11. The number of para-hydroxylation sites is 1. The second kappa shape index (κ2) is 11.7. The summed E-state index contributed by atoms with van der Waals surface area (Å²) in [6.45, 7) is 4.03. The summed E-state index contributed by atoms with van der Waals surface area (Å²) in [6.07, 6.45) is 0. The van der Waals surface area contributed by atoms with Gasteiger partial charge >= 0.3 is 0 Å². The van der Waals surface area contributed by atoms with Crippen LogP contribution in [-0.2, 0) is 5.41 Å². The first-order valence-electron chi connectivity index (χ1n) is 15.9. The Morgan fingerprint density at radius 3 is 1.72 bits per heavy atom. The van der Waals surface area contributed by atoms with Gasteiger partial charge in [-0.25, -0.2) is 19.9 Å². The highest BCUT2D eigenvalue weighted by Crippen LogP contribution is 2.56. The van der Waals surface area contributed by atoms with Crippen LogP contribution in [0.25, 0.3) is 33.9 Å². The zero-order valence-corrected chi connectivity index (χ0v) is 26.3. The monoisotopic (exact) mass is 604 g/mol. The molecule has 0 saturated carbocycles. The van der Waals surface area contributed by atoms with Gasteiger partial charge < -0.3 is 0 Å². The fourth-order valence-electron chi connectivity index (χ4n) is 6.91. The molecule has 1 aliphatic rings. The first-order valence-corrected chi connectivity index (χ1v) is 15.9. The Morgan fingerprint density at radius 2 is 1.04 bits per heavy atom. The number of nitrogens with zero attached hydrogens (tertiary/aromatic N) is 4. The molecule has 7 aromatic rings. The van der Waals surface area contributed by atoms with Crippen molar-refractivity contribution in [3.63, 3.8) is 0 Å². The summed E-state index contributed by atoms with van der Waals surface area (Å²) >= 11 is 0. The van der Waals surface area contributed by atoms with Crippen molar-refractivity contribution < 1.29 is 0 Å². The standard InChI is InChI=1S/C43H32N4/c1-29-16-9-14-27-39(29)44-30(2)40-45-41(31-17-5-3-6-18-31)47-42(46-40)32-19-15-22-34(28-32)43(33-20-7-4-8-21-33)37-25-12-10-23-35(37)36-24-11-13-26-38(36)43/h3-28H,1-2H3. The largest absolute Gasteiger partial charge is 0.250 e. The lowest BCUT2D eigenvalue weighted by molar-refractivity contribution is 0.768. The maximum Gasteiger partial charge on any atom is 0.178 e. The molecule has 0 unspecified atom stereocenters. The zero-order chi connectivity index (χ0) is 31.8. The molecule has 0 atom stereocenters. The predicted octanol–water partition coefficient (Wildman–Crippen LogP) is 10.0. The van der Waals surface area contributed by atoms with Gasteiger partial charge in [0.05, 0.1) is 16.8 Å². The molecule has 0 saturated heterocycles. The smallest absolute Gasteiger partial charge is 0.178 e. The molecule has 4 heteroatoms. The van der Waals surface area contributed by atoms with E-state index < -0.39 is 5.41 Å². The molecular weight excluding hydrogens is 573 g/mol. The van der Waals surface area contributed by atoms with E-state index >= 15 is 0 Å².